The number of carbonyl (C=O) groups excluding carboxylic acids is 1. The van der Waals surface area contributed by atoms with Gasteiger partial charge in [-0.25, -0.2) is 4.98 Å². The van der Waals surface area contributed by atoms with Crippen molar-refractivity contribution in [1.29, 1.82) is 0 Å². The second-order valence-corrected chi connectivity index (χ2v) is 7.85. The van der Waals surface area contributed by atoms with Gasteiger partial charge in [0.2, 0.25) is 5.89 Å². The van der Waals surface area contributed by atoms with Gasteiger partial charge in [-0.3, -0.25) is 4.79 Å². The fourth-order valence-electron chi connectivity index (χ4n) is 3.26. The van der Waals surface area contributed by atoms with E-state index in [4.69, 9.17) is 9.15 Å². The highest BCUT2D eigenvalue weighted by molar-refractivity contribution is 5.98. The maximum absolute atomic E-state index is 12.9. The van der Waals surface area contributed by atoms with Crippen molar-refractivity contribution in [2.24, 2.45) is 0 Å². The molecule has 30 heavy (non-hydrogen) atoms. The number of anilines is 1. The van der Waals surface area contributed by atoms with E-state index in [1.807, 2.05) is 80.6 Å². The Bertz CT molecular complexity index is 1210. The van der Waals surface area contributed by atoms with Crippen LogP contribution in [-0.2, 0) is 4.79 Å². The van der Waals surface area contributed by atoms with Crippen molar-refractivity contribution in [2.45, 2.75) is 33.3 Å². The molecule has 3 aromatic carbocycles. The molecule has 1 N–H and O–H groups in total. The summed E-state index contributed by atoms with van der Waals surface area (Å²) in [5.41, 5.74) is 4.05. The molecular formula is C25H24N2O3. The minimum absolute atomic E-state index is 0.236. The number of amides is 1. The number of hydrogen-bond donors (Lipinski definition) is 1. The average molecular weight is 400 g/mol. The zero-order valence-corrected chi connectivity index (χ0v) is 17.5. The monoisotopic (exact) mass is 400 g/mol. The molecule has 0 aliphatic carbocycles. The summed E-state index contributed by atoms with van der Waals surface area (Å²) >= 11 is 0. The molecule has 1 aromatic heterocycles. The molecule has 0 saturated carbocycles. The lowest BCUT2D eigenvalue weighted by molar-refractivity contribution is -0.128. The van der Waals surface area contributed by atoms with E-state index in [1.54, 1.807) is 13.8 Å². The predicted octanol–water partition coefficient (Wildman–Crippen LogP) is 5.91. The minimum Gasteiger partial charge on any atom is -0.478 e. The lowest BCUT2D eigenvalue weighted by Gasteiger charge is -2.26. The van der Waals surface area contributed by atoms with E-state index in [9.17, 15) is 4.79 Å². The Morgan fingerprint density at radius 1 is 1.00 bits per heavy atom. The van der Waals surface area contributed by atoms with Gasteiger partial charge in [0.05, 0.1) is 0 Å². The van der Waals surface area contributed by atoms with Gasteiger partial charge in [-0.2, -0.15) is 0 Å². The number of rotatable bonds is 5. The Hall–Kier alpha value is -3.60. The van der Waals surface area contributed by atoms with Crippen LogP contribution in [0.3, 0.4) is 0 Å². The summed E-state index contributed by atoms with van der Waals surface area (Å²) in [4.78, 5) is 17.6. The number of nitrogens with zero attached hydrogens (tertiary/aromatic N) is 1. The average Bonchev–Trinajstić information content (AvgIpc) is 3.12. The van der Waals surface area contributed by atoms with E-state index in [0.717, 1.165) is 27.8 Å². The van der Waals surface area contributed by atoms with E-state index in [2.05, 4.69) is 10.3 Å². The summed E-state index contributed by atoms with van der Waals surface area (Å²) in [6, 6.07) is 20.9. The van der Waals surface area contributed by atoms with Crippen molar-refractivity contribution in [3.05, 3.63) is 77.9 Å². The molecule has 152 valence electrons. The molecular weight excluding hydrogens is 376 g/mol. The molecule has 0 spiro atoms. The normalized spacial score (nSPS) is 11.5. The Morgan fingerprint density at radius 2 is 1.77 bits per heavy atom. The quantitative estimate of drug-likeness (QED) is 0.452. The molecule has 0 fully saturated rings. The molecule has 0 bridgehead atoms. The first-order chi connectivity index (χ1) is 14.3. The Labute approximate surface area is 175 Å². The largest absolute Gasteiger partial charge is 0.478 e. The van der Waals surface area contributed by atoms with Gasteiger partial charge < -0.3 is 14.5 Å². The molecule has 0 aliphatic rings. The van der Waals surface area contributed by atoms with Crippen molar-refractivity contribution in [1.82, 2.24) is 4.98 Å². The van der Waals surface area contributed by atoms with Crippen LogP contribution in [0.4, 0.5) is 5.69 Å². The van der Waals surface area contributed by atoms with E-state index >= 15 is 0 Å². The van der Waals surface area contributed by atoms with Crippen molar-refractivity contribution in [3.63, 3.8) is 0 Å². The van der Waals surface area contributed by atoms with E-state index in [1.165, 1.54) is 0 Å². The van der Waals surface area contributed by atoms with Gasteiger partial charge in [0.25, 0.3) is 5.91 Å². The van der Waals surface area contributed by atoms with Crippen LogP contribution in [0, 0.1) is 13.8 Å². The van der Waals surface area contributed by atoms with Gasteiger partial charge in [-0.05, 0) is 75.2 Å². The second kappa shape index (κ2) is 7.67. The molecule has 5 heteroatoms. The zero-order chi connectivity index (χ0) is 21.3. The smallest absolute Gasteiger partial charge is 0.267 e. The van der Waals surface area contributed by atoms with Crippen LogP contribution in [0.25, 0.3) is 22.6 Å². The summed E-state index contributed by atoms with van der Waals surface area (Å²) in [6.07, 6.45) is 0. The molecule has 0 aliphatic heterocycles. The molecule has 1 heterocycles. The Kier molecular flexibility index (Phi) is 5.04. The SMILES string of the molecule is Cc1ccc2oc(-c3cccc(NC(=O)C(C)(C)Oc4ccccc4)c3C)nc2c1. The third-order valence-electron chi connectivity index (χ3n) is 5.02. The Morgan fingerprint density at radius 3 is 2.53 bits per heavy atom. The standard InChI is InChI=1S/C25H24N2O3/c1-16-13-14-22-21(15-16)26-23(29-22)19-11-8-12-20(17(19)2)27-24(28)25(3,4)30-18-9-6-5-7-10-18/h5-15H,1-4H3,(H,27,28). The van der Waals surface area contributed by atoms with E-state index < -0.39 is 5.60 Å². The number of oxazole rings is 1. The first-order valence-corrected chi connectivity index (χ1v) is 9.86. The summed E-state index contributed by atoms with van der Waals surface area (Å²) in [5.74, 6) is 0.939. The van der Waals surface area contributed by atoms with Crippen LogP contribution in [-0.4, -0.2) is 16.5 Å². The number of ether oxygens (including phenoxy) is 1. The fourth-order valence-corrected chi connectivity index (χ4v) is 3.26. The molecule has 4 rings (SSSR count). The fraction of sp³-hybridized carbons (Fsp3) is 0.200. The summed E-state index contributed by atoms with van der Waals surface area (Å²) < 4.78 is 11.8. The second-order valence-electron chi connectivity index (χ2n) is 7.85. The van der Waals surface area contributed by atoms with Crippen LogP contribution in [0.15, 0.2) is 71.1 Å². The van der Waals surface area contributed by atoms with E-state index in [-0.39, 0.29) is 5.91 Å². The molecule has 5 nitrogen and oxygen atoms in total. The molecule has 0 saturated heterocycles. The van der Waals surface area contributed by atoms with Gasteiger partial charge in [0.15, 0.2) is 11.2 Å². The van der Waals surface area contributed by atoms with Crippen LogP contribution < -0.4 is 10.1 Å². The molecule has 4 aromatic rings. The molecule has 1 amide bonds. The number of aryl methyl sites for hydroxylation is 1. The van der Waals surface area contributed by atoms with E-state index in [0.29, 0.717) is 17.3 Å². The van der Waals surface area contributed by atoms with Crippen LogP contribution in [0.5, 0.6) is 5.75 Å². The predicted molar refractivity (Wildman–Crippen MR) is 119 cm³/mol. The summed E-state index contributed by atoms with van der Waals surface area (Å²) in [6.45, 7) is 7.46. The third kappa shape index (κ3) is 3.92. The number of nitrogens with one attached hydrogen (secondary N) is 1. The van der Waals surface area contributed by atoms with Gasteiger partial charge in [-0.1, -0.05) is 30.3 Å². The highest BCUT2D eigenvalue weighted by Crippen LogP contribution is 2.31. The number of hydrogen-bond acceptors (Lipinski definition) is 4. The molecule has 0 radical (unpaired) electrons. The number of aromatic nitrogens is 1. The van der Waals surface area contributed by atoms with Crippen molar-refractivity contribution >= 4 is 22.7 Å². The summed E-state index contributed by atoms with van der Waals surface area (Å²) in [7, 11) is 0. The lowest BCUT2D eigenvalue weighted by atomic mass is 10.0. The number of para-hydroxylation sites is 1. The molecule has 0 atom stereocenters. The van der Waals surface area contributed by atoms with Gasteiger partial charge in [-0.15, -0.1) is 0 Å². The maximum atomic E-state index is 12.9. The lowest BCUT2D eigenvalue weighted by Crippen LogP contribution is -2.42. The topological polar surface area (TPSA) is 64.4 Å². The Balaban J connectivity index is 1.60. The van der Waals surface area contributed by atoms with Crippen molar-refractivity contribution in [2.75, 3.05) is 5.32 Å². The van der Waals surface area contributed by atoms with Crippen LogP contribution in [0.1, 0.15) is 25.0 Å². The highest BCUT2D eigenvalue weighted by atomic mass is 16.5. The summed E-state index contributed by atoms with van der Waals surface area (Å²) in [5, 5.41) is 2.99. The van der Waals surface area contributed by atoms with Crippen LogP contribution >= 0.6 is 0 Å². The van der Waals surface area contributed by atoms with Crippen LogP contribution in [0.2, 0.25) is 0 Å². The third-order valence-corrected chi connectivity index (χ3v) is 5.02. The minimum atomic E-state index is -1.04. The number of benzene rings is 3. The van der Waals surface area contributed by atoms with Crippen molar-refractivity contribution < 1.29 is 13.9 Å². The van der Waals surface area contributed by atoms with Gasteiger partial charge in [0.1, 0.15) is 11.3 Å². The first kappa shape index (κ1) is 19.7. The van der Waals surface area contributed by atoms with Gasteiger partial charge in [0, 0.05) is 11.3 Å². The highest BCUT2D eigenvalue weighted by Gasteiger charge is 2.30. The number of carbonyl (C=O) groups is 1. The van der Waals surface area contributed by atoms with Gasteiger partial charge >= 0.3 is 0 Å². The molecule has 0 unspecified atom stereocenters. The maximum Gasteiger partial charge on any atom is 0.267 e. The number of fused-ring (bicyclic) bond motifs is 1. The van der Waals surface area contributed by atoms with Crippen molar-refractivity contribution in [3.8, 4) is 17.2 Å². The zero-order valence-electron chi connectivity index (χ0n) is 17.5. The first-order valence-electron chi connectivity index (χ1n) is 9.86.